The first-order valence-corrected chi connectivity index (χ1v) is 9.87. The van der Waals surface area contributed by atoms with Crippen molar-refractivity contribution < 1.29 is 9.47 Å². The highest BCUT2D eigenvalue weighted by molar-refractivity contribution is 5.80. The SMILES string of the molecule is CCNC(=NCCc1ccc(OC)c(OC)c1)N1CCC(c2cnn(C)c2)C1. The molecule has 0 saturated carbocycles. The van der Waals surface area contributed by atoms with Crippen LogP contribution in [0.3, 0.4) is 0 Å². The van der Waals surface area contributed by atoms with Crippen LogP contribution in [0, 0.1) is 0 Å². The number of nitrogens with zero attached hydrogens (tertiary/aromatic N) is 4. The molecule has 1 N–H and O–H groups in total. The Hall–Kier alpha value is -2.70. The lowest BCUT2D eigenvalue weighted by atomic mass is 10.0. The summed E-state index contributed by atoms with van der Waals surface area (Å²) >= 11 is 0. The topological polar surface area (TPSA) is 63.9 Å². The zero-order chi connectivity index (χ0) is 19.9. The van der Waals surface area contributed by atoms with Crippen molar-refractivity contribution in [3.8, 4) is 11.5 Å². The zero-order valence-corrected chi connectivity index (χ0v) is 17.3. The number of benzene rings is 1. The number of hydrogen-bond acceptors (Lipinski definition) is 4. The molecule has 2 heterocycles. The van der Waals surface area contributed by atoms with Crippen molar-refractivity contribution in [1.82, 2.24) is 20.0 Å². The number of nitrogens with one attached hydrogen (secondary N) is 1. The summed E-state index contributed by atoms with van der Waals surface area (Å²) in [7, 11) is 5.28. The highest BCUT2D eigenvalue weighted by atomic mass is 16.5. The Kier molecular flexibility index (Phi) is 6.79. The van der Waals surface area contributed by atoms with Crippen molar-refractivity contribution in [3.63, 3.8) is 0 Å². The molecule has 1 aromatic heterocycles. The van der Waals surface area contributed by atoms with Gasteiger partial charge >= 0.3 is 0 Å². The van der Waals surface area contributed by atoms with Gasteiger partial charge in [-0.2, -0.15) is 5.10 Å². The van der Waals surface area contributed by atoms with Crippen LogP contribution >= 0.6 is 0 Å². The molecule has 3 rings (SSSR count). The second-order valence-corrected chi connectivity index (χ2v) is 7.05. The molecule has 1 atom stereocenters. The first-order chi connectivity index (χ1) is 13.6. The normalized spacial score (nSPS) is 17.1. The fourth-order valence-electron chi connectivity index (χ4n) is 3.63. The predicted molar refractivity (Wildman–Crippen MR) is 111 cm³/mol. The van der Waals surface area contributed by atoms with Crippen molar-refractivity contribution in [3.05, 3.63) is 41.7 Å². The van der Waals surface area contributed by atoms with Gasteiger partial charge in [-0.3, -0.25) is 9.67 Å². The van der Waals surface area contributed by atoms with Gasteiger partial charge in [0, 0.05) is 45.3 Å². The molecule has 28 heavy (non-hydrogen) atoms. The Morgan fingerprint density at radius 2 is 2.11 bits per heavy atom. The number of methoxy groups -OCH3 is 2. The fourth-order valence-corrected chi connectivity index (χ4v) is 3.63. The van der Waals surface area contributed by atoms with E-state index in [1.807, 2.05) is 30.1 Å². The molecule has 7 heteroatoms. The summed E-state index contributed by atoms with van der Waals surface area (Å²) in [6.45, 7) is 5.70. The Morgan fingerprint density at radius 3 is 2.79 bits per heavy atom. The van der Waals surface area contributed by atoms with E-state index in [-0.39, 0.29) is 0 Å². The summed E-state index contributed by atoms with van der Waals surface area (Å²) < 4.78 is 12.6. The molecule has 0 aliphatic carbocycles. The van der Waals surface area contributed by atoms with Gasteiger partial charge in [0.25, 0.3) is 0 Å². The smallest absolute Gasteiger partial charge is 0.193 e. The van der Waals surface area contributed by atoms with Crippen LogP contribution in [0.25, 0.3) is 0 Å². The van der Waals surface area contributed by atoms with E-state index in [4.69, 9.17) is 14.5 Å². The summed E-state index contributed by atoms with van der Waals surface area (Å²) in [5.41, 5.74) is 2.50. The van der Waals surface area contributed by atoms with Crippen LogP contribution in [-0.4, -0.2) is 61.0 Å². The molecule has 1 aliphatic rings. The molecule has 0 radical (unpaired) electrons. The van der Waals surface area contributed by atoms with Crippen LogP contribution in [0.5, 0.6) is 11.5 Å². The largest absolute Gasteiger partial charge is 0.493 e. The third-order valence-electron chi connectivity index (χ3n) is 5.13. The number of rotatable bonds is 7. The monoisotopic (exact) mass is 385 g/mol. The minimum Gasteiger partial charge on any atom is -0.493 e. The standard InChI is InChI=1S/C21H31N5O2/c1-5-22-21(26-11-9-17(15-26)18-13-24-25(2)14-18)23-10-8-16-6-7-19(27-3)20(12-16)28-4/h6-7,12-14,17H,5,8-11,15H2,1-4H3,(H,22,23). The van der Waals surface area contributed by atoms with Gasteiger partial charge in [-0.05, 0) is 43.0 Å². The maximum absolute atomic E-state index is 5.39. The van der Waals surface area contributed by atoms with Gasteiger partial charge in [-0.15, -0.1) is 0 Å². The van der Waals surface area contributed by atoms with Crippen molar-refractivity contribution >= 4 is 5.96 Å². The summed E-state index contributed by atoms with van der Waals surface area (Å²) in [5.74, 6) is 3.02. The van der Waals surface area contributed by atoms with E-state index in [1.165, 1.54) is 11.1 Å². The van der Waals surface area contributed by atoms with Crippen LogP contribution in [0.4, 0.5) is 0 Å². The van der Waals surface area contributed by atoms with Gasteiger partial charge in [0.1, 0.15) is 0 Å². The lowest BCUT2D eigenvalue weighted by molar-refractivity contribution is 0.354. The van der Waals surface area contributed by atoms with E-state index in [0.717, 1.165) is 56.5 Å². The maximum Gasteiger partial charge on any atom is 0.193 e. The number of likely N-dealkylation sites (tertiary alicyclic amines) is 1. The molecular formula is C21H31N5O2. The van der Waals surface area contributed by atoms with Crippen molar-refractivity contribution in [2.45, 2.75) is 25.7 Å². The summed E-state index contributed by atoms with van der Waals surface area (Å²) in [5, 5.41) is 7.75. The van der Waals surface area contributed by atoms with Crippen LogP contribution in [0.1, 0.15) is 30.4 Å². The molecule has 0 spiro atoms. The number of ether oxygens (including phenoxy) is 2. The first kappa shape index (κ1) is 20.0. The van der Waals surface area contributed by atoms with Crippen LogP contribution < -0.4 is 14.8 Å². The molecule has 0 bridgehead atoms. The van der Waals surface area contributed by atoms with Gasteiger partial charge in [0.15, 0.2) is 17.5 Å². The van der Waals surface area contributed by atoms with Crippen LogP contribution in [0.15, 0.2) is 35.6 Å². The molecule has 1 unspecified atom stereocenters. The van der Waals surface area contributed by atoms with Crippen LogP contribution in [-0.2, 0) is 13.5 Å². The average molecular weight is 386 g/mol. The predicted octanol–water partition coefficient (Wildman–Crippen LogP) is 2.43. The third-order valence-corrected chi connectivity index (χ3v) is 5.13. The quantitative estimate of drug-likeness (QED) is 0.586. The number of guanidine groups is 1. The van der Waals surface area contributed by atoms with Crippen LogP contribution in [0.2, 0.25) is 0 Å². The number of aliphatic imine (C=N–C) groups is 1. The Morgan fingerprint density at radius 1 is 1.29 bits per heavy atom. The molecule has 152 valence electrons. The lowest BCUT2D eigenvalue weighted by Gasteiger charge is -2.21. The van der Waals surface area contributed by atoms with Crippen molar-refractivity contribution in [1.29, 1.82) is 0 Å². The molecule has 2 aromatic rings. The van der Waals surface area contributed by atoms with E-state index < -0.39 is 0 Å². The fraction of sp³-hybridized carbons (Fsp3) is 0.524. The summed E-state index contributed by atoms with van der Waals surface area (Å²) in [6.07, 6.45) is 6.09. The zero-order valence-electron chi connectivity index (χ0n) is 17.3. The number of aryl methyl sites for hydroxylation is 1. The van der Waals surface area contributed by atoms with E-state index in [9.17, 15) is 0 Å². The van der Waals surface area contributed by atoms with Gasteiger partial charge in [0.2, 0.25) is 0 Å². The lowest BCUT2D eigenvalue weighted by Crippen LogP contribution is -2.40. The summed E-state index contributed by atoms with van der Waals surface area (Å²) in [6, 6.07) is 6.04. The minimum absolute atomic E-state index is 0.517. The Labute approximate surface area is 167 Å². The van der Waals surface area contributed by atoms with Gasteiger partial charge in [0.05, 0.1) is 20.4 Å². The van der Waals surface area contributed by atoms with Crippen molar-refractivity contribution in [2.24, 2.45) is 12.0 Å². The first-order valence-electron chi connectivity index (χ1n) is 9.87. The van der Waals surface area contributed by atoms with E-state index in [0.29, 0.717) is 5.92 Å². The maximum atomic E-state index is 5.39. The number of aromatic nitrogens is 2. The molecule has 1 fully saturated rings. The van der Waals surface area contributed by atoms with E-state index in [2.05, 4.69) is 34.5 Å². The minimum atomic E-state index is 0.517. The van der Waals surface area contributed by atoms with Gasteiger partial charge < -0.3 is 19.7 Å². The molecule has 1 saturated heterocycles. The second-order valence-electron chi connectivity index (χ2n) is 7.05. The summed E-state index contributed by atoms with van der Waals surface area (Å²) in [4.78, 5) is 7.22. The highest BCUT2D eigenvalue weighted by Gasteiger charge is 2.26. The molecule has 1 aliphatic heterocycles. The van der Waals surface area contributed by atoms with E-state index >= 15 is 0 Å². The molecule has 7 nitrogen and oxygen atoms in total. The number of hydrogen-bond donors (Lipinski definition) is 1. The third kappa shape index (κ3) is 4.77. The van der Waals surface area contributed by atoms with E-state index in [1.54, 1.807) is 14.2 Å². The molecule has 1 aromatic carbocycles. The Bertz CT molecular complexity index is 802. The molecule has 0 amide bonds. The van der Waals surface area contributed by atoms with Gasteiger partial charge in [-0.1, -0.05) is 6.07 Å². The van der Waals surface area contributed by atoms with Crippen molar-refractivity contribution in [2.75, 3.05) is 40.4 Å². The highest BCUT2D eigenvalue weighted by Crippen LogP contribution is 2.28. The average Bonchev–Trinajstić information content (AvgIpc) is 3.36. The Balaban J connectivity index is 1.61. The second kappa shape index (κ2) is 9.48. The molecular weight excluding hydrogens is 354 g/mol. The van der Waals surface area contributed by atoms with Gasteiger partial charge in [-0.25, -0.2) is 0 Å².